The van der Waals surface area contributed by atoms with Gasteiger partial charge in [0.2, 0.25) is 0 Å². The van der Waals surface area contributed by atoms with Crippen LogP contribution < -0.4 is 10.9 Å². The molecule has 0 spiro atoms. The maximum Gasteiger partial charge on any atom is 0.264 e. The van der Waals surface area contributed by atoms with E-state index in [1.807, 2.05) is 39.1 Å². The zero-order chi connectivity index (χ0) is 17.2. The standard InChI is InChI=1S/C17H23N3O2S/c1-10(12-6-7-23-9-12)8-18-14(21)13-11(2)19-16(17(3,4)5)20-15(13)22/h6-7,9-10H,8H2,1-5H3,(H,18,21)(H,19,20,22)/t10-/m1/s1. The number of aromatic amines is 1. The van der Waals surface area contributed by atoms with Crippen molar-refractivity contribution in [3.05, 3.63) is 49.8 Å². The van der Waals surface area contributed by atoms with Crippen LogP contribution in [0.25, 0.3) is 0 Å². The molecule has 2 N–H and O–H groups in total. The van der Waals surface area contributed by atoms with Gasteiger partial charge in [-0.3, -0.25) is 9.59 Å². The van der Waals surface area contributed by atoms with Gasteiger partial charge in [-0.15, -0.1) is 0 Å². The summed E-state index contributed by atoms with van der Waals surface area (Å²) in [5.41, 5.74) is 1.08. The molecule has 124 valence electrons. The van der Waals surface area contributed by atoms with Crippen LogP contribution >= 0.6 is 11.3 Å². The molecule has 2 heterocycles. The second-order valence-electron chi connectivity index (χ2n) is 6.79. The molecule has 0 saturated heterocycles. The normalized spacial score (nSPS) is 12.9. The topological polar surface area (TPSA) is 74.8 Å². The van der Waals surface area contributed by atoms with E-state index in [-0.39, 0.29) is 28.4 Å². The second kappa shape index (κ2) is 6.66. The predicted octanol–water partition coefficient (Wildman–Crippen LogP) is 2.97. The van der Waals surface area contributed by atoms with Gasteiger partial charge in [-0.2, -0.15) is 11.3 Å². The fraction of sp³-hybridized carbons (Fsp3) is 0.471. The number of hydrogen-bond acceptors (Lipinski definition) is 4. The number of aromatic nitrogens is 2. The molecule has 0 bridgehead atoms. The third kappa shape index (κ3) is 4.07. The molecule has 0 aromatic carbocycles. The van der Waals surface area contributed by atoms with E-state index in [9.17, 15) is 9.59 Å². The minimum atomic E-state index is -0.386. The first kappa shape index (κ1) is 17.4. The predicted molar refractivity (Wildman–Crippen MR) is 93.4 cm³/mol. The van der Waals surface area contributed by atoms with Crippen LogP contribution in [-0.4, -0.2) is 22.4 Å². The molecule has 0 saturated carbocycles. The molecule has 1 amide bonds. The summed E-state index contributed by atoms with van der Waals surface area (Å²) >= 11 is 1.63. The molecule has 1 atom stereocenters. The lowest BCUT2D eigenvalue weighted by Crippen LogP contribution is -2.35. The van der Waals surface area contributed by atoms with Crippen LogP contribution in [0.5, 0.6) is 0 Å². The monoisotopic (exact) mass is 333 g/mol. The largest absolute Gasteiger partial charge is 0.351 e. The van der Waals surface area contributed by atoms with Gasteiger partial charge in [-0.25, -0.2) is 4.98 Å². The first-order valence-corrected chi connectivity index (χ1v) is 8.56. The molecule has 6 heteroatoms. The van der Waals surface area contributed by atoms with Crippen molar-refractivity contribution in [2.24, 2.45) is 0 Å². The Balaban J connectivity index is 2.15. The Bertz CT molecular complexity index is 742. The molecule has 0 aliphatic rings. The fourth-order valence-electron chi connectivity index (χ4n) is 2.22. The summed E-state index contributed by atoms with van der Waals surface area (Å²) in [5, 5.41) is 6.91. The highest BCUT2D eigenvalue weighted by molar-refractivity contribution is 7.07. The van der Waals surface area contributed by atoms with Crippen molar-refractivity contribution in [2.75, 3.05) is 6.54 Å². The summed E-state index contributed by atoms with van der Waals surface area (Å²) in [6, 6.07) is 2.04. The van der Waals surface area contributed by atoms with Crippen LogP contribution in [0.4, 0.5) is 0 Å². The van der Waals surface area contributed by atoms with E-state index in [0.717, 1.165) is 0 Å². The maximum atomic E-state index is 12.4. The van der Waals surface area contributed by atoms with E-state index in [1.165, 1.54) is 5.56 Å². The number of nitrogens with one attached hydrogen (secondary N) is 2. The fourth-order valence-corrected chi connectivity index (χ4v) is 3.00. The summed E-state index contributed by atoms with van der Waals surface area (Å²) in [6.07, 6.45) is 0. The molecule has 0 aliphatic carbocycles. The Hall–Kier alpha value is -1.95. The average Bonchev–Trinajstić information content (AvgIpc) is 2.97. The summed E-state index contributed by atoms with van der Waals surface area (Å²) in [4.78, 5) is 31.7. The van der Waals surface area contributed by atoms with E-state index < -0.39 is 0 Å². The smallest absolute Gasteiger partial charge is 0.264 e. The molecule has 23 heavy (non-hydrogen) atoms. The van der Waals surface area contributed by atoms with Crippen LogP contribution in [0, 0.1) is 6.92 Å². The first-order chi connectivity index (χ1) is 10.7. The lowest BCUT2D eigenvalue weighted by Gasteiger charge is -2.18. The van der Waals surface area contributed by atoms with Crippen molar-refractivity contribution in [1.82, 2.24) is 15.3 Å². The molecular weight excluding hydrogens is 310 g/mol. The van der Waals surface area contributed by atoms with Crippen molar-refractivity contribution in [3.63, 3.8) is 0 Å². The van der Waals surface area contributed by atoms with E-state index in [2.05, 4.69) is 20.7 Å². The number of H-pyrrole nitrogens is 1. The summed E-state index contributed by atoms with van der Waals surface area (Å²) in [7, 11) is 0. The third-order valence-electron chi connectivity index (χ3n) is 3.72. The van der Waals surface area contributed by atoms with E-state index in [4.69, 9.17) is 0 Å². The first-order valence-electron chi connectivity index (χ1n) is 7.62. The van der Waals surface area contributed by atoms with Crippen molar-refractivity contribution in [2.45, 2.75) is 46.0 Å². The Morgan fingerprint density at radius 1 is 1.43 bits per heavy atom. The zero-order valence-corrected chi connectivity index (χ0v) is 15.0. The van der Waals surface area contributed by atoms with Gasteiger partial charge < -0.3 is 10.3 Å². The van der Waals surface area contributed by atoms with Crippen molar-refractivity contribution in [3.8, 4) is 0 Å². The van der Waals surface area contributed by atoms with Gasteiger partial charge in [0.1, 0.15) is 11.4 Å². The van der Waals surface area contributed by atoms with Crippen molar-refractivity contribution >= 4 is 17.2 Å². The van der Waals surface area contributed by atoms with Gasteiger partial charge in [-0.05, 0) is 35.2 Å². The Labute approximate surface area is 140 Å². The highest BCUT2D eigenvalue weighted by atomic mass is 32.1. The lowest BCUT2D eigenvalue weighted by molar-refractivity contribution is 0.0949. The molecule has 2 rings (SSSR count). The molecule has 0 radical (unpaired) electrons. The van der Waals surface area contributed by atoms with E-state index >= 15 is 0 Å². The van der Waals surface area contributed by atoms with Crippen LogP contribution in [0.3, 0.4) is 0 Å². The third-order valence-corrected chi connectivity index (χ3v) is 4.42. The Morgan fingerprint density at radius 2 is 2.13 bits per heavy atom. The molecule has 0 fully saturated rings. The molecule has 0 unspecified atom stereocenters. The van der Waals surface area contributed by atoms with Gasteiger partial charge >= 0.3 is 0 Å². The second-order valence-corrected chi connectivity index (χ2v) is 7.57. The maximum absolute atomic E-state index is 12.4. The molecule has 2 aromatic heterocycles. The van der Waals surface area contributed by atoms with Gasteiger partial charge in [0.25, 0.3) is 11.5 Å². The van der Waals surface area contributed by atoms with Gasteiger partial charge in [-0.1, -0.05) is 27.7 Å². The average molecular weight is 333 g/mol. The van der Waals surface area contributed by atoms with Crippen LogP contribution in [-0.2, 0) is 5.41 Å². The number of rotatable bonds is 4. The van der Waals surface area contributed by atoms with E-state index in [0.29, 0.717) is 18.1 Å². The number of nitrogens with zero attached hydrogens (tertiary/aromatic N) is 1. The van der Waals surface area contributed by atoms with Crippen molar-refractivity contribution < 1.29 is 4.79 Å². The van der Waals surface area contributed by atoms with Gasteiger partial charge in [0.05, 0.1) is 5.69 Å². The summed E-state index contributed by atoms with van der Waals surface area (Å²) in [5.74, 6) is 0.411. The minimum Gasteiger partial charge on any atom is -0.351 e. The molecule has 0 aliphatic heterocycles. The number of carbonyl (C=O) groups excluding carboxylic acids is 1. The van der Waals surface area contributed by atoms with Gasteiger partial charge in [0, 0.05) is 12.0 Å². The highest BCUT2D eigenvalue weighted by Gasteiger charge is 2.22. The molecule has 2 aromatic rings. The number of carbonyl (C=O) groups is 1. The molecule has 5 nitrogen and oxygen atoms in total. The van der Waals surface area contributed by atoms with Crippen LogP contribution in [0.2, 0.25) is 0 Å². The zero-order valence-electron chi connectivity index (χ0n) is 14.2. The number of thiophene rings is 1. The highest BCUT2D eigenvalue weighted by Crippen LogP contribution is 2.18. The lowest BCUT2D eigenvalue weighted by atomic mass is 9.95. The van der Waals surface area contributed by atoms with E-state index in [1.54, 1.807) is 18.3 Å². The van der Waals surface area contributed by atoms with Crippen LogP contribution in [0.15, 0.2) is 21.6 Å². The Morgan fingerprint density at radius 3 is 2.65 bits per heavy atom. The van der Waals surface area contributed by atoms with Crippen LogP contribution in [0.1, 0.15) is 61.1 Å². The quantitative estimate of drug-likeness (QED) is 0.903. The van der Waals surface area contributed by atoms with Crippen molar-refractivity contribution in [1.29, 1.82) is 0 Å². The Kier molecular flexibility index (Phi) is 5.04. The van der Waals surface area contributed by atoms with Gasteiger partial charge in [0.15, 0.2) is 0 Å². The minimum absolute atomic E-state index is 0.0931. The number of aryl methyl sites for hydroxylation is 1. The number of amides is 1. The summed E-state index contributed by atoms with van der Waals surface area (Å²) < 4.78 is 0. The number of hydrogen-bond donors (Lipinski definition) is 2. The molecular formula is C17H23N3O2S. The SMILES string of the molecule is Cc1nc(C(C)(C)C)[nH]c(=O)c1C(=O)NC[C@@H](C)c1ccsc1. The summed E-state index contributed by atoms with van der Waals surface area (Å²) in [6.45, 7) is 10.1.